The minimum absolute atomic E-state index is 0.0512. The standard InChI is InChI=1S/C19H29N3O2/c1-13(2)15-9-6-8-14(3)18(15)20-17(23)12-22-11-7-10-16(22)19(24)21(4)5/h6,8-9,13,16H,7,10-12H2,1-5H3,(H,20,23). The van der Waals surface area contributed by atoms with Crippen molar-refractivity contribution in [2.45, 2.75) is 45.6 Å². The number of para-hydroxylation sites is 1. The molecule has 1 aromatic carbocycles. The van der Waals surface area contributed by atoms with Crippen LogP contribution in [0.4, 0.5) is 5.69 Å². The van der Waals surface area contributed by atoms with E-state index in [1.54, 1.807) is 19.0 Å². The number of anilines is 1. The Balaban J connectivity index is 2.08. The average molecular weight is 331 g/mol. The smallest absolute Gasteiger partial charge is 0.239 e. The maximum absolute atomic E-state index is 12.6. The van der Waals surface area contributed by atoms with Crippen LogP contribution in [0.1, 0.15) is 43.7 Å². The molecule has 0 radical (unpaired) electrons. The number of nitrogens with one attached hydrogen (secondary N) is 1. The van der Waals surface area contributed by atoms with Crippen LogP contribution in [0.25, 0.3) is 0 Å². The van der Waals surface area contributed by atoms with Crippen LogP contribution in [0.2, 0.25) is 0 Å². The highest BCUT2D eigenvalue weighted by atomic mass is 16.2. The number of likely N-dealkylation sites (N-methyl/N-ethyl adjacent to an activating group) is 1. The van der Waals surface area contributed by atoms with E-state index in [0.29, 0.717) is 5.92 Å². The molecule has 1 aliphatic heterocycles. The van der Waals surface area contributed by atoms with Crippen LogP contribution >= 0.6 is 0 Å². The van der Waals surface area contributed by atoms with Gasteiger partial charge in [0.2, 0.25) is 11.8 Å². The quantitative estimate of drug-likeness (QED) is 0.902. The Labute approximate surface area is 145 Å². The molecule has 1 aromatic rings. The summed E-state index contributed by atoms with van der Waals surface area (Å²) in [7, 11) is 3.53. The van der Waals surface area contributed by atoms with E-state index in [-0.39, 0.29) is 24.4 Å². The van der Waals surface area contributed by atoms with Gasteiger partial charge in [0.05, 0.1) is 12.6 Å². The first-order valence-corrected chi connectivity index (χ1v) is 8.65. The van der Waals surface area contributed by atoms with Crippen molar-refractivity contribution in [3.63, 3.8) is 0 Å². The molecule has 0 aliphatic carbocycles. The summed E-state index contributed by atoms with van der Waals surface area (Å²) in [5, 5.41) is 3.07. The molecule has 1 heterocycles. The summed E-state index contributed by atoms with van der Waals surface area (Å²) in [5.41, 5.74) is 3.12. The van der Waals surface area contributed by atoms with Crippen LogP contribution in [0.15, 0.2) is 18.2 Å². The van der Waals surface area contributed by atoms with E-state index in [2.05, 4.69) is 25.2 Å². The summed E-state index contributed by atoms with van der Waals surface area (Å²) in [6, 6.07) is 5.91. The van der Waals surface area contributed by atoms with Crippen molar-refractivity contribution in [3.8, 4) is 0 Å². The molecule has 2 rings (SSSR count). The van der Waals surface area contributed by atoms with Gasteiger partial charge in [-0.15, -0.1) is 0 Å². The molecule has 5 nitrogen and oxygen atoms in total. The largest absolute Gasteiger partial charge is 0.347 e. The summed E-state index contributed by atoms with van der Waals surface area (Å²) < 4.78 is 0. The Bertz CT molecular complexity index is 611. The lowest BCUT2D eigenvalue weighted by atomic mass is 9.98. The molecule has 132 valence electrons. The number of hydrogen-bond donors (Lipinski definition) is 1. The van der Waals surface area contributed by atoms with Crippen LogP contribution in [-0.2, 0) is 9.59 Å². The third kappa shape index (κ3) is 4.15. The maximum Gasteiger partial charge on any atom is 0.239 e. The number of amides is 2. The molecule has 0 spiro atoms. The first-order chi connectivity index (χ1) is 11.3. The first kappa shape index (κ1) is 18.5. The molecular formula is C19H29N3O2. The number of rotatable bonds is 5. The zero-order chi connectivity index (χ0) is 17.9. The second-order valence-corrected chi connectivity index (χ2v) is 7.10. The maximum atomic E-state index is 12.6. The Morgan fingerprint density at radius 3 is 2.67 bits per heavy atom. The molecule has 0 bridgehead atoms. The van der Waals surface area contributed by atoms with Gasteiger partial charge in [0, 0.05) is 19.8 Å². The topological polar surface area (TPSA) is 52.7 Å². The van der Waals surface area contributed by atoms with Gasteiger partial charge in [-0.25, -0.2) is 0 Å². The number of hydrogen-bond acceptors (Lipinski definition) is 3. The average Bonchev–Trinajstić information content (AvgIpc) is 2.95. The molecule has 24 heavy (non-hydrogen) atoms. The highest BCUT2D eigenvalue weighted by Crippen LogP contribution is 2.27. The van der Waals surface area contributed by atoms with Crippen molar-refractivity contribution < 1.29 is 9.59 Å². The van der Waals surface area contributed by atoms with E-state index in [1.165, 1.54) is 0 Å². The lowest BCUT2D eigenvalue weighted by Crippen LogP contribution is -2.45. The van der Waals surface area contributed by atoms with E-state index < -0.39 is 0 Å². The number of nitrogens with zero attached hydrogens (tertiary/aromatic N) is 2. The van der Waals surface area contributed by atoms with Crippen LogP contribution in [0.3, 0.4) is 0 Å². The molecule has 5 heteroatoms. The normalized spacial score (nSPS) is 18.0. The van der Waals surface area contributed by atoms with Crippen molar-refractivity contribution in [1.82, 2.24) is 9.80 Å². The molecule has 0 saturated carbocycles. The second-order valence-electron chi connectivity index (χ2n) is 7.10. The van der Waals surface area contributed by atoms with Gasteiger partial charge in [0.1, 0.15) is 0 Å². The summed E-state index contributed by atoms with van der Waals surface area (Å²) in [6.45, 7) is 7.31. The Morgan fingerprint density at radius 1 is 1.33 bits per heavy atom. The van der Waals surface area contributed by atoms with Crippen LogP contribution in [-0.4, -0.2) is 54.8 Å². The van der Waals surface area contributed by atoms with Crippen molar-refractivity contribution in [3.05, 3.63) is 29.3 Å². The van der Waals surface area contributed by atoms with Gasteiger partial charge < -0.3 is 10.2 Å². The van der Waals surface area contributed by atoms with Crippen LogP contribution in [0.5, 0.6) is 0 Å². The summed E-state index contributed by atoms with van der Waals surface area (Å²) in [6.07, 6.45) is 1.78. The van der Waals surface area contributed by atoms with Gasteiger partial charge in [-0.1, -0.05) is 32.0 Å². The third-order valence-corrected chi connectivity index (χ3v) is 4.63. The summed E-state index contributed by atoms with van der Waals surface area (Å²) in [5.74, 6) is 0.374. The van der Waals surface area contributed by atoms with E-state index in [1.807, 2.05) is 24.0 Å². The van der Waals surface area contributed by atoms with Gasteiger partial charge in [-0.2, -0.15) is 0 Å². The Kier molecular flexibility index (Phi) is 5.99. The van der Waals surface area contributed by atoms with Crippen LogP contribution in [0, 0.1) is 6.92 Å². The molecule has 1 N–H and O–H groups in total. The number of aryl methyl sites for hydroxylation is 1. The Morgan fingerprint density at radius 2 is 2.04 bits per heavy atom. The highest BCUT2D eigenvalue weighted by molar-refractivity contribution is 5.94. The van der Waals surface area contributed by atoms with E-state index in [9.17, 15) is 9.59 Å². The summed E-state index contributed by atoms with van der Waals surface area (Å²) in [4.78, 5) is 28.4. The molecular weight excluding hydrogens is 302 g/mol. The fraction of sp³-hybridized carbons (Fsp3) is 0.579. The van der Waals surface area contributed by atoms with Crippen molar-refractivity contribution in [2.24, 2.45) is 0 Å². The lowest BCUT2D eigenvalue weighted by Gasteiger charge is -2.26. The molecule has 1 atom stereocenters. The molecule has 1 unspecified atom stereocenters. The molecule has 1 fully saturated rings. The minimum atomic E-state index is -0.174. The van der Waals surface area contributed by atoms with Gasteiger partial charge in [-0.05, 0) is 43.4 Å². The predicted octanol–water partition coefficient (Wildman–Crippen LogP) is 2.61. The van der Waals surface area contributed by atoms with E-state index in [4.69, 9.17) is 0 Å². The highest BCUT2D eigenvalue weighted by Gasteiger charge is 2.32. The number of likely N-dealkylation sites (tertiary alicyclic amines) is 1. The van der Waals surface area contributed by atoms with Gasteiger partial charge in [0.15, 0.2) is 0 Å². The van der Waals surface area contributed by atoms with Crippen LogP contribution < -0.4 is 5.32 Å². The zero-order valence-corrected chi connectivity index (χ0v) is 15.4. The monoisotopic (exact) mass is 331 g/mol. The number of carbonyl (C=O) groups excluding carboxylic acids is 2. The third-order valence-electron chi connectivity index (χ3n) is 4.63. The van der Waals surface area contributed by atoms with Gasteiger partial charge in [-0.3, -0.25) is 14.5 Å². The first-order valence-electron chi connectivity index (χ1n) is 8.65. The van der Waals surface area contributed by atoms with Crippen molar-refractivity contribution in [1.29, 1.82) is 0 Å². The predicted molar refractivity (Wildman–Crippen MR) is 97.2 cm³/mol. The molecule has 2 amide bonds. The number of benzene rings is 1. The molecule has 1 aliphatic rings. The minimum Gasteiger partial charge on any atom is -0.347 e. The van der Waals surface area contributed by atoms with Gasteiger partial charge in [0.25, 0.3) is 0 Å². The van der Waals surface area contributed by atoms with E-state index in [0.717, 1.165) is 36.2 Å². The molecule has 0 aromatic heterocycles. The molecule has 1 saturated heterocycles. The fourth-order valence-corrected chi connectivity index (χ4v) is 3.30. The van der Waals surface area contributed by atoms with Crippen molar-refractivity contribution >= 4 is 17.5 Å². The number of carbonyl (C=O) groups is 2. The van der Waals surface area contributed by atoms with Gasteiger partial charge >= 0.3 is 0 Å². The van der Waals surface area contributed by atoms with E-state index >= 15 is 0 Å². The zero-order valence-electron chi connectivity index (χ0n) is 15.4. The summed E-state index contributed by atoms with van der Waals surface area (Å²) >= 11 is 0. The fourth-order valence-electron chi connectivity index (χ4n) is 3.30. The SMILES string of the molecule is Cc1cccc(C(C)C)c1NC(=O)CN1CCCC1C(=O)N(C)C. The van der Waals surface area contributed by atoms with Crippen molar-refractivity contribution in [2.75, 3.05) is 32.5 Å². The Hall–Kier alpha value is -1.88. The lowest BCUT2D eigenvalue weighted by molar-refractivity contribution is -0.133. The second kappa shape index (κ2) is 7.79.